The highest BCUT2D eigenvalue weighted by atomic mass is 127. The number of para-hydroxylation sites is 1. The largest absolute Gasteiger partial charge is 0.496 e. The highest BCUT2D eigenvalue weighted by molar-refractivity contribution is 14.0. The molecule has 0 bridgehead atoms. The Bertz CT molecular complexity index is 821. The average molecular weight is 538 g/mol. The normalized spacial score (nSPS) is 15.3. The summed E-state index contributed by atoms with van der Waals surface area (Å²) < 4.78 is 5.46. The molecule has 0 amide bonds. The first-order valence-electron chi connectivity index (χ1n) is 10.6. The van der Waals surface area contributed by atoms with Gasteiger partial charge >= 0.3 is 0 Å². The summed E-state index contributed by atoms with van der Waals surface area (Å²) in [4.78, 5) is 8.92. The minimum Gasteiger partial charge on any atom is -0.496 e. The Morgan fingerprint density at radius 3 is 2.42 bits per heavy atom. The van der Waals surface area contributed by atoms with Gasteiger partial charge in [-0.05, 0) is 30.0 Å². The molecule has 0 atom stereocenters. The average Bonchev–Trinajstić information content (AvgIpc) is 2.77. The summed E-state index contributed by atoms with van der Waals surface area (Å²) in [6.07, 6.45) is 1.64. The van der Waals surface area contributed by atoms with E-state index in [9.17, 15) is 5.11 Å². The van der Waals surface area contributed by atoms with Crippen molar-refractivity contribution in [1.29, 1.82) is 0 Å². The topological polar surface area (TPSA) is 60.3 Å². The number of piperidine rings is 1. The van der Waals surface area contributed by atoms with Crippen LogP contribution in [-0.2, 0) is 19.6 Å². The van der Waals surface area contributed by atoms with Gasteiger partial charge in [-0.1, -0.05) is 42.5 Å². The van der Waals surface area contributed by atoms with Gasteiger partial charge in [-0.25, -0.2) is 0 Å². The number of aliphatic hydroxyl groups is 1. The number of aliphatic imine (C=N–C) groups is 1. The van der Waals surface area contributed by atoms with Gasteiger partial charge in [0.15, 0.2) is 5.96 Å². The number of methoxy groups -OCH3 is 1. The fraction of sp³-hybridized carbons (Fsp3) is 0.458. The number of hydrogen-bond donors (Lipinski definition) is 2. The third-order valence-corrected chi connectivity index (χ3v) is 5.61. The van der Waals surface area contributed by atoms with Crippen molar-refractivity contribution in [2.45, 2.75) is 38.6 Å². The summed E-state index contributed by atoms with van der Waals surface area (Å²) in [5, 5.41) is 13.1. The van der Waals surface area contributed by atoms with E-state index in [1.54, 1.807) is 14.2 Å². The predicted octanol–water partition coefficient (Wildman–Crippen LogP) is 3.48. The summed E-state index contributed by atoms with van der Waals surface area (Å²) in [5.74, 6) is 1.73. The van der Waals surface area contributed by atoms with Crippen LogP contribution >= 0.6 is 24.0 Å². The third-order valence-electron chi connectivity index (χ3n) is 5.61. The lowest BCUT2D eigenvalue weighted by molar-refractivity contribution is 0.0792. The summed E-state index contributed by atoms with van der Waals surface area (Å²) in [7, 11) is 5.53. The lowest BCUT2D eigenvalue weighted by atomic mass is 10.1. The van der Waals surface area contributed by atoms with Gasteiger partial charge in [-0.15, -0.1) is 24.0 Å². The number of nitrogens with zero attached hydrogens (tertiary/aromatic N) is 3. The van der Waals surface area contributed by atoms with E-state index in [1.165, 1.54) is 11.1 Å². The first kappa shape index (κ1) is 25.4. The van der Waals surface area contributed by atoms with Crippen molar-refractivity contribution < 1.29 is 9.84 Å². The highest BCUT2D eigenvalue weighted by Gasteiger charge is 2.16. The zero-order chi connectivity index (χ0) is 21.3. The molecule has 0 spiro atoms. The molecular formula is C24H35IN4O2. The quantitative estimate of drug-likeness (QED) is 0.321. The van der Waals surface area contributed by atoms with Crippen LogP contribution in [-0.4, -0.2) is 61.3 Å². The van der Waals surface area contributed by atoms with E-state index in [4.69, 9.17) is 4.74 Å². The zero-order valence-corrected chi connectivity index (χ0v) is 21.1. The van der Waals surface area contributed by atoms with E-state index in [2.05, 4.69) is 50.4 Å². The lowest BCUT2D eigenvalue weighted by Crippen LogP contribution is -2.38. The second kappa shape index (κ2) is 12.9. The summed E-state index contributed by atoms with van der Waals surface area (Å²) in [6, 6.07) is 16.8. The molecule has 0 aromatic heterocycles. The monoisotopic (exact) mass is 538 g/mol. The molecule has 1 aliphatic heterocycles. The van der Waals surface area contributed by atoms with E-state index in [0.29, 0.717) is 6.54 Å². The molecule has 0 unspecified atom stereocenters. The second-order valence-electron chi connectivity index (χ2n) is 7.89. The van der Waals surface area contributed by atoms with Gasteiger partial charge in [0.05, 0.1) is 13.2 Å². The number of halogens is 1. The lowest BCUT2D eigenvalue weighted by Gasteiger charge is -2.29. The molecule has 1 aliphatic rings. The van der Waals surface area contributed by atoms with Crippen LogP contribution in [0.3, 0.4) is 0 Å². The Labute approximate surface area is 203 Å². The van der Waals surface area contributed by atoms with Gasteiger partial charge in [0.1, 0.15) is 5.75 Å². The maximum atomic E-state index is 9.65. The van der Waals surface area contributed by atoms with Crippen molar-refractivity contribution in [3.8, 4) is 5.75 Å². The first-order valence-corrected chi connectivity index (χ1v) is 10.6. The van der Waals surface area contributed by atoms with Crippen LogP contribution in [0.15, 0.2) is 53.5 Å². The molecular weight excluding hydrogens is 503 g/mol. The van der Waals surface area contributed by atoms with Crippen LogP contribution < -0.4 is 10.1 Å². The van der Waals surface area contributed by atoms with Gasteiger partial charge in [0, 0.05) is 52.4 Å². The standard InChI is InChI=1S/C24H34N4O2.HI/c1-25-24(27(2)18-21-6-4-5-7-23(21)30-3)26-16-19-8-10-20(11-9-19)17-28-14-12-22(29)13-15-28;/h4-11,22,29H,12-18H2,1-3H3,(H,25,26);1H. The highest BCUT2D eigenvalue weighted by Crippen LogP contribution is 2.19. The fourth-order valence-corrected chi connectivity index (χ4v) is 3.83. The van der Waals surface area contributed by atoms with Crippen molar-refractivity contribution in [3.63, 3.8) is 0 Å². The van der Waals surface area contributed by atoms with Gasteiger partial charge in [0.2, 0.25) is 0 Å². The van der Waals surface area contributed by atoms with Crippen molar-refractivity contribution in [2.75, 3.05) is 34.3 Å². The number of likely N-dealkylation sites (tertiary alicyclic amines) is 1. The number of ether oxygens (including phenoxy) is 1. The van der Waals surface area contributed by atoms with E-state index in [-0.39, 0.29) is 30.1 Å². The molecule has 2 N–H and O–H groups in total. The predicted molar refractivity (Wildman–Crippen MR) is 137 cm³/mol. The van der Waals surface area contributed by atoms with Crippen LogP contribution in [0.25, 0.3) is 0 Å². The first-order chi connectivity index (χ1) is 14.6. The number of guanidine groups is 1. The molecule has 3 rings (SSSR count). The fourth-order valence-electron chi connectivity index (χ4n) is 3.83. The maximum Gasteiger partial charge on any atom is 0.193 e. The zero-order valence-electron chi connectivity index (χ0n) is 18.8. The second-order valence-corrected chi connectivity index (χ2v) is 7.89. The van der Waals surface area contributed by atoms with Crippen molar-refractivity contribution in [2.24, 2.45) is 4.99 Å². The Hall–Kier alpha value is -1.84. The molecule has 31 heavy (non-hydrogen) atoms. The van der Waals surface area contributed by atoms with Crippen LogP contribution in [0, 0.1) is 0 Å². The van der Waals surface area contributed by atoms with Crippen molar-refractivity contribution in [1.82, 2.24) is 15.1 Å². The Morgan fingerprint density at radius 2 is 1.77 bits per heavy atom. The number of nitrogens with one attached hydrogen (secondary N) is 1. The van der Waals surface area contributed by atoms with E-state index >= 15 is 0 Å². The summed E-state index contributed by atoms with van der Waals surface area (Å²) in [6.45, 7) is 4.33. The van der Waals surface area contributed by atoms with Crippen LogP contribution in [0.4, 0.5) is 0 Å². The summed E-state index contributed by atoms with van der Waals surface area (Å²) in [5.41, 5.74) is 3.66. The Balaban J connectivity index is 0.00000341. The third kappa shape index (κ3) is 7.66. The molecule has 0 aliphatic carbocycles. The number of aliphatic hydroxyl groups excluding tert-OH is 1. The molecule has 0 radical (unpaired) electrons. The smallest absolute Gasteiger partial charge is 0.193 e. The van der Waals surface area contributed by atoms with E-state index in [1.807, 2.05) is 25.2 Å². The van der Waals surface area contributed by atoms with E-state index in [0.717, 1.165) is 56.3 Å². The van der Waals surface area contributed by atoms with Crippen molar-refractivity contribution in [3.05, 3.63) is 65.2 Å². The van der Waals surface area contributed by atoms with Gasteiger partial charge in [-0.3, -0.25) is 9.89 Å². The number of hydrogen-bond acceptors (Lipinski definition) is 4. The number of benzene rings is 2. The molecule has 1 fully saturated rings. The Morgan fingerprint density at radius 1 is 1.13 bits per heavy atom. The van der Waals surface area contributed by atoms with Gasteiger partial charge in [-0.2, -0.15) is 0 Å². The van der Waals surface area contributed by atoms with E-state index < -0.39 is 0 Å². The Kier molecular flexibility index (Phi) is 10.6. The number of rotatable bonds is 7. The molecule has 7 heteroatoms. The van der Waals surface area contributed by atoms with Gasteiger partial charge < -0.3 is 20.1 Å². The maximum absolute atomic E-state index is 9.65. The van der Waals surface area contributed by atoms with Crippen LogP contribution in [0.1, 0.15) is 29.5 Å². The molecule has 2 aromatic carbocycles. The molecule has 6 nitrogen and oxygen atoms in total. The van der Waals surface area contributed by atoms with Gasteiger partial charge in [0.25, 0.3) is 0 Å². The minimum absolute atomic E-state index is 0. The summed E-state index contributed by atoms with van der Waals surface area (Å²) >= 11 is 0. The van der Waals surface area contributed by atoms with Crippen LogP contribution in [0.2, 0.25) is 0 Å². The SMILES string of the molecule is CN=C(NCc1ccc(CN2CCC(O)CC2)cc1)N(C)Cc1ccccc1OC.I. The molecule has 1 saturated heterocycles. The van der Waals surface area contributed by atoms with Crippen molar-refractivity contribution >= 4 is 29.9 Å². The molecule has 1 heterocycles. The van der Waals surface area contributed by atoms with Crippen LogP contribution in [0.5, 0.6) is 5.75 Å². The molecule has 2 aromatic rings. The molecule has 170 valence electrons. The molecule has 0 saturated carbocycles. The minimum atomic E-state index is -0.120.